The Balaban J connectivity index is 2.83. The zero-order valence-corrected chi connectivity index (χ0v) is 15.8. The van der Waals surface area contributed by atoms with Crippen molar-refractivity contribution in [3.05, 3.63) is 34.3 Å². The molecule has 1 N–H and O–H groups in total. The van der Waals surface area contributed by atoms with E-state index < -0.39 is 8.32 Å². The average Bonchev–Trinajstić information content (AvgIpc) is 2.30. The summed E-state index contributed by atoms with van der Waals surface area (Å²) in [5.41, 5.74) is 1.24. The number of hydrogen-bond acceptors (Lipinski definition) is 2. The van der Waals surface area contributed by atoms with Gasteiger partial charge in [-0.1, -0.05) is 54.9 Å². The number of aliphatic hydroxyl groups excluding tert-OH is 1. The molecular weight excluding hydrogens is 332 g/mol. The fraction of sp³-hybridized carbons (Fsp3) is 0.625. The molecular formula is C16H27BrO2Si. The van der Waals surface area contributed by atoms with Crippen LogP contribution >= 0.6 is 15.9 Å². The molecule has 0 aromatic heterocycles. The van der Waals surface area contributed by atoms with Gasteiger partial charge in [0, 0.05) is 11.1 Å². The van der Waals surface area contributed by atoms with Crippen molar-refractivity contribution in [1.29, 1.82) is 0 Å². The maximum Gasteiger partial charge on any atom is 0.192 e. The zero-order valence-electron chi connectivity index (χ0n) is 13.2. The van der Waals surface area contributed by atoms with Crippen LogP contribution in [0, 0.1) is 0 Å². The predicted octanol–water partition coefficient (Wildman–Crippen LogP) is 4.76. The molecule has 0 saturated heterocycles. The van der Waals surface area contributed by atoms with Crippen molar-refractivity contribution in [2.45, 2.75) is 57.8 Å². The van der Waals surface area contributed by atoms with E-state index in [0.29, 0.717) is 6.42 Å². The molecule has 0 aliphatic carbocycles. The minimum Gasteiger partial charge on any atom is -0.414 e. The zero-order chi connectivity index (χ0) is 15.4. The van der Waals surface area contributed by atoms with Crippen LogP contribution in [0.3, 0.4) is 0 Å². The normalized spacial score (nSPS) is 14.3. The molecule has 0 aliphatic heterocycles. The van der Waals surface area contributed by atoms with Crippen LogP contribution in [-0.4, -0.2) is 26.1 Å². The van der Waals surface area contributed by atoms with Crippen LogP contribution < -0.4 is 0 Å². The molecule has 114 valence electrons. The Morgan fingerprint density at radius 2 is 1.85 bits per heavy atom. The fourth-order valence-corrected chi connectivity index (χ4v) is 3.68. The lowest BCUT2D eigenvalue weighted by Gasteiger charge is -2.39. The second kappa shape index (κ2) is 7.21. The quantitative estimate of drug-likeness (QED) is 0.742. The van der Waals surface area contributed by atoms with E-state index in [1.54, 1.807) is 0 Å². The number of halogens is 1. The van der Waals surface area contributed by atoms with Crippen molar-refractivity contribution < 1.29 is 9.53 Å². The predicted molar refractivity (Wildman–Crippen MR) is 91.6 cm³/mol. The van der Waals surface area contributed by atoms with Gasteiger partial charge in [-0.05, 0) is 42.6 Å². The van der Waals surface area contributed by atoms with Gasteiger partial charge >= 0.3 is 0 Å². The molecule has 4 heteroatoms. The SMILES string of the molecule is CC(C)(C)[Si](C)(C)OC(CCO)Cc1ccccc1Br. The molecule has 0 spiro atoms. The molecule has 1 atom stereocenters. The summed E-state index contributed by atoms with van der Waals surface area (Å²) in [6.07, 6.45) is 1.61. The van der Waals surface area contributed by atoms with E-state index in [-0.39, 0.29) is 17.7 Å². The van der Waals surface area contributed by atoms with Gasteiger partial charge in [-0.3, -0.25) is 0 Å². The Hall–Kier alpha value is -0.163. The molecule has 0 fully saturated rings. The van der Waals surface area contributed by atoms with E-state index >= 15 is 0 Å². The molecule has 0 aliphatic rings. The summed E-state index contributed by atoms with van der Waals surface area (Å²) in [6.45, 7) is 11.4. The van der Waals surface area contributed by atoms with E-state index in [4.69, 9.17) is 4.43 Å². The number of aliphatic hydroxyl groups is 1. The van der Waals surface area contributed by atoms with Crippen LogP contribution in [0.25, 0.3) is 0 Å². The summed E-state index contributed by atoms with van der Waals surface area (Å²) in [7, 11) is -1.80. The molecule has 0 radical (unpaired) electrons. The van der Waals surface area contributed by atoms with Gasteiger partial charge < -0.3 is 9.53 Å². The molecule has 1 unspecified atom stereocenters. The van der Waals surface area contributed by atoms with Gasteiger partial charge in [0.15, 0.2) is 8.32 Å². The third kappa shape index (κ3) is 4.99. The maximum absolute atomic E-state index is 9.31. The van der Waals surface area contributed by atoms with Gasteiger partial charge in [0.05, 0.1) is 6.10 Å². The van der Waals surface area contributed by atoms with Gasteiger partial charge in [0.2, 0.25) is 0 Å². The minimum absolute atomic E-state index is 0.0830. The van der Waals surface area contributed by atoms with Gasteiger partial charge in [0.1, 0.15) is 0 Å². The first-order chi connectivity index (χ1) is 9.17. The van der Waals surface area contributed by atoms with Crippen LogP contribution in [0.1, 0.15) is 32.8 Å². The third-order valence-electron chi connectivity index (χ3n) is 4.12. The van der Waals surface area contributed by atoms with Crippen molar-refractivity contribution in [1.82, 2.24) is 0 Å². The Morgan fingerprint density at radius 3 is 2.35 bits per heavy atom. The van der Waals surface area contributed by atoms with E-state index in [9.17, 15) is 5.11 Å². The summed E-state index contributed by atoms with van der Waals surface area (Å²) < 4.78 is 7.57. The molecule has 1 aromatic rings. The lowest BCUT2D eigenvalue weighted by Crippen LogP contribution is -2.44. The standard InChI is InChI=1S/C16H27BrO2Si/c1-16(2,3)20(4,5)19-14(10-11-18)12-13-8-6-7-9-15(13)17/h6-9,14,18H,10-12H2,1-5H3. The summed E-state index contributed by atoms with van der Waals surface area (Å²) in [6, 6.07) is 8.23. The van der Waals surface area contributed by atoms with Crippen LogP contribution in [-0.2, 0) is 10.8 Å². The second-order valence-electron chi connectivity index (χ2n) is 6.81. The van der Waals surface area contributed by atoms with Crippen molar-refractivity contribution in [2.24, 2.45) is 0 Å². The van der Waals surface area contributed by atoms with Crippen molar-refractivity contribution >= 4 is 24.2 Å². The first kappa shape index (κ1) is 17.9. The molecule has 2 nitrogen and oxygen atoms in total. The Morgan fingerprint density at radius 1 is 1.25 bits per heavy atom. The monoisotopic (exact) mass is 358 g/mol. The highest BCUT2D eigenvalue weighted by Crippen LogP contribution is 2.38. The number of rotatable bonds is 6. The minimum atomic E-state index is -1.80. The van der Waals surface area contributed by atoms with E-state index in [1.165, 1.54) is 5.56 Å². The Bertz CT molecular complexity index is 427. The number of hydrogen-bond donors (Lipinski definition) is 1. The van der Waals surface area contributed by atoms with Gasteiger partial charge in [0.25, 0.3) is 0 Å². The largest absolute Gasteiger partial charge is 0.414 e. The highest BCUT2D eigenvalue weighted by molar-refractivity contribution is 9.10. The Kier molecular flexibility index (Phi) is 6.45. The lowest BCUT2D eigenvalue weighted by molar-refractivity contribution is 0.139. The highest BCUT2D eigenvalue weighted by atomic mass is 79.9. The molecule has 0 amide bonds. The third-order valence-corrected chi connectivity index (χ3v) is 9.43. The van der Waals surface area contributed by atoms with Crippen LogP contribution in [0.2, 0.25) is 18.1 Å². The molecule has 1 aromatic carbocycles. The summed E-state index contributed by atoms with van der Waals surface area (Å²) in [4.78, 5) is 0. The fourth-order valence-electron chi connectivity index (χ4n) is 1.85. The molecule has 1 rings (SSSR count). The maximum atomic E-state index is 9.31. The summed E-state index contributed by atoms with van der Waals surface area (Å²) in [5.74, 6) is 0. The van der Waals surface area contributed by atoms with E-state index in [2.05, 4.69) is 61.9 Å². The van der Waals surface area contributed by atoms with Gasteiger partial charge in [-0.2, -0.15) is 0 Å². The highest BCUT2D eigenvalue weighted by Gasteiger charge is 2.39. The van der Waals surface area contributed by atoms with E-state index in [0.717, 1.165) is 10.9 Å². The van der Waals surface area contributed by atoms with Crippen LogP contribution in [0.4, 0.5) is 0 Å². The van der Waals surface area contributed by atoms with Gasteiger partial charge in [-0.15, -0.1) is 0 Å². The van der Waals surface area contributed by atoms with Crippen LogP contribution in [0.5, 0.6) is 0 Å². The van der Waals surface area contributed by atoms with Crippen LogP contribution in [0.15, 0.2) is 28.7 Å². The number of benzene rings is 1. The smallest absolute Gasteiger partial charge is 0.192 e. The van der Waals surface area contributed by atoms with Crippen molar-refractivity contribution in [3.8, 4) is 0 Å². The molecule has 0 saturated carbocycles. The average molecular weight is 359 g/mol. The summed E-state index contributed by atoms with van der Waals surface area (Å²) >= 11 is 3.59. The van der Waals surface area contributed by atoms with E-state index in [1.807, 2.05) is 12.1 Å². The first-order valence-corrected chi connectivity index (χ1v) is 10.9. The van der Waals surface area contributed by atoms with Crippen molar-refractivity contribution in [3.63, 3.8) is 0 Å². The van der Waals surface area contributed by atoms with Crippen molar-refractivity contribution in [2.75, 3.05) is 6.61 Å². The molecule has 20 heavy (non-hydrogen) atoms. The first-order valence-electron chi connectivity index (χ1n) is 7.19. The molecule has 0 heterocycles. The topological polar surface area (TPSA) is 29.5 Å². The second-order valence-corrected chi connectivity index (χ2v) is 12.4. The summed E-state index contributed by atoms with van der Waals surface area (Å²) in [5, 5.41) is 9.50. The van der Waals surface area contributed by atoms with Gasteiger partial charge in [-0.25, -0.2) is 0 Å². The molecule has 0 bridgehead atoms. The lowest BCUT2D eigenvalue weighted by atomic mass is 10.1. The Labute approximate surface area is 132 Å².